The van der Waals surface area contributed by atoms with E-state index in [1.165, 1.54) is 19.9 Å². The van der Waals surface area contributed by atoms with E-state index in [1.807, 2.05) is 0 Å². The molecule has 2 atom stereocenters. The van der Waals surface area contributed by atoms with Crippen LogP contribution in [0, 0.1) is 11.3 Å². The van der Waals surface area contributed by atoms with Crippen LogP contribution in [0.2, 0.25) is 0 Å². The lowest BCUT2D eigenvalue weighted by atomic mass is 9.83. The Labute approximate surface area is 105 Å². The molecular formula is C12H20F3NO2. The summed E-state index contributed by atoms with van der Waals surface area (Å²) in [7, 11) is 0. The molecule has 0 heterocycles. The first-order valence-electron chi connectivity index (χ1n) is 5.62. The third kappa shape index (κ3) is 4.33. The molecule has 106 valence electrons. The molecule has 3 nitrogen and oxygen atoms in total. The van der Waals surface area contributed by atoms with Gasteiger partial charge in [-0.25, -0.2) is 0 Å². The van der Waals surface area contributed by atoms with Gasteiger partial charge in [0.25, 0.3) is 0 Å². The Kier molecular flexibility index (Phi) is 5.40. The van der Waals surface area contributed by atoms with E-state index < -0.39 is 35.6 Å². The highest BCUT2D eigenvalue weighted by atomic mass is 19.4. The Bertz CT molecular complexity index is 311. The van der Waals surface area contributed by atoms with Gasteiger partial charge in [-0.2, -0.15) is 13.2 Å². The number of halogens is 3. The second-order valence-corrected chi connectivity index (χ2v) is 5.23. The predicted octanol–water partition coefficient (Wildman–Crippen LogP) is 2.83. The quantitative estimate of drug-likeness (QED) is 0.727. The highest BCUT2D eigenvalue weighted by Gasteiger charge is 2.49. The molecular weight excluding hydrogens is 247 g/mol. The fourth-order valence-electron chi connectivity index (χ4n) is 1.58. The Morgan fingerprint density at radius 3 is 2.00 bits per heavy atom. The third-order valence-corrected chi connectivity index (χ3v) is 2.88. The summed E-state index contributed by atoms with van der Waals surface area (Å²) in [5.41, 5.74) is -1.29. The number of rotatable bonds is 6. The number of carbonyl (C=O) groups is 1. The van der Waals surface area contributed by atoms with Crippen molar-refractivity contribution in [1.29, 1.82) is 0 Å². The largest absolute Gasteiger partial charge is 0.480 e. The molecule has 18 heavy (non-hydrogen) atoms. The van der Waals surface area contributed by atoms with Crippen LogP contribution in [0.3, 0.4) is 0 Å². The fraction of sp³-hybridized carbons (Fsp3) is 0.750. The molecule has 0 bridgehead atoms. The summed E-state index contributed by atoms with van der Waals surface area (Å²) in [6.07, 6.45) is -3.36. The third-order valence-electron chi connectivity index (χ3n) is 2.88. The minimum absolute atomic E-state index is 0.451. The van der Waals surface area contributed by atoms with Gasteiger partial charge in [0.1, 0.15) is 12.1 Å². The Hall–Kier alpha value is -1.04. The zero-order chi connectivity index (χ0) is 14.7. The van der Waals surface area contributed by atoms with Crippen molar-refractivity contribution in [3.05, 3.63) is 12.7 Å². The first kappa shape index (κ1) is 17.0. The molecule has 0 radical (unpaired) electrons. The highest BCUT2D eigenvalue weighted by Crippen LogP contribution is 2.35. The van der Waals surface area contributed by atoms with Crippen LogP contribution in [-0.2, 0) is 4.79 Å². The highest BCUT2D eigenvalue weighted by molar-refractivity contribution is 5.73. The molecule has 6 heteroatoms. The van der Waals surface area contributed by atoms with Gasteiger partial charge in [0.05, 0.1) is 0 Å². The average Bonchev–Trinajstić information content (AvgIpc) is 2.14. The van der Waals surface area contributed by atoms with Crippen molar-refractivity contribution in [1.82, 2.24) is 5.32 Å². The number of hydrogen-bond acceptors (Lipinski definition) is 2. The summed E-state index contributed by atoms with van der Waals surface area (Å²) in [4.78, 5) is 11.0. The van der Waals surface area contributed by atoms with Crippen LogP contribution in [-0.4, -0.2) is 29.3 Å². The minimum atomic E-state index is -4.54. The molecule has 0 aliphatic rings. The Morgan fingerprint density at radius 1 is 1.33 bits per heavy atom. The molecule has 0 aromatic heterocycles. The van der Waals surface area contributed by atoms with Crippen molar-refractivity contribution in [3.63, 3.8) is 0 Å². The number of carboxylic acids is 1. The van der Waals surface area contributed by atoms with E-state index in [0.29, 0.717) is 0 Å². The maximum atomic E-state index is 13.0. The first-order valence-corrected chi connectivity index (χ1v) is 5.62. The minimum Gasteiger partial charge on any atom is -0.480 e. The van der Waals surface area contributed by atoms with E-state index in [2.05, 4.69) is 11.9 Å². The van der Waals surface area contributed by atoms with E-state index in [0.717, 1.165) is 0 Å². The first-order chi connectivity index (χ1) is 7.93. The van der Waals surface area contributed by atoms with Crippen molar-refractivity contribution in [2.24, 2.45) is 11.3 Å². The van der Waals surface area contributed by atoms with Crippen LogP contribution in [0.4, 0.5) is 13.2 Å². The van der Waals surface area contributed by atoms with E-state index >= 15 is 0 Å². The second-order valence-electron chi connectivity index (χ2n) is 5.23. The van der Waals surface area contributed by atoms with Crippen LogP contribution in [0.25, 0.3) is 0 Å². The lowest BCUT2D eigenvalue weighted by molar-refractivity contribution is -0.178. The Balaban J connectivity index is 5.25. The number of hydrogen-bond donors (Lipinski definition) is 2. The predicted molar refractivity (Wildman–Crippen MR) is 63.2 cm³/mol. The van der Waals surface area contributed by atoms with Gasteiger partial charge in [-0.15, -0.1) is 6.58 Å². The van der Waals surface area contributed by atoms with Crippen LogP contribution in [0.15, 0.2) is 12.7 Å². The molecule has 0 aliphatic carbocycles. The van der Waals surface area contributed by atoms with Crippen molar-refractivity contribution < 1.29 is 23.1 Å². The van der Waals surface area contributed by atoms with E-state index in [-0.39, 0.29) is 0 Å². The monoisotopic (exact) mass is 267 g/mol. The molecule has 0 aromatic rings. The number of alkyl halides is 3. The molecule has 2 unspecified atom stereocenters. The normalized spacial score (nSPS) is 16.4. The van der Waals surface area contributed by atoms with Gasteiger partial charge in [0, 0.05) is 5.41 Å². The Morgan fingerprint density at radius 2 is 1.78 bits per heavy atom. The summed E-state index contributed by atoms with van der Waals surface area (Å²) in [6, 6.07) is -3.21. The summed E-state index contributed by atoms with van der Waals surface area (Å²) in [6.45, 7) is 9.22. The summed E-state index contributed by atoms with van der Waals surface area (Å²) in [5, 5.41) is 11.1. The van der Waals surface area contributed by atoms with Gasteiger partial charge in [0.2, 0.25) is 0 Å². The molecule has 0 saturated carbocycles. The van der Waals surface area contributed by atoms with Crippen molar-refractivity contribution in [2.75, 3.05) is 0 Å². The SMILES string of the molecule is C=CC(C)(C)C(NC(C(=O)O)C(C)C)C(F)(F)F. The zero-order valence-electron chi connectivity index (χ0n) is 11.0. The van der Waals surface area contributed by atoms with E-state index in [1.54, 1.807) is 13.8 Å². The van der Waals surface area contributed by atoms with Crippen LogP contribution < -0.4 is 5.32 Å². The van der Waals surface area contributed by atoms with Gasteiger partial charge in [0.15, 0.2) is 0 Å². The maximum Gasteiger partial charge on any atom is 0.404 e. The summed E-state index contributed by atoms with van der Waals surface area (Å²) < 4.78 is 39.0. The molecule has 0 saturated heterocycles. The molecule has 0 rings (SSSR count). The summed E-state index contributed by atoms with van der Waals surface area (Å²) in [5.74, 6) is -1.74. The van der Waals surface area contributed by atoms with Crippen molar-refractivity contribution in [2.45, 2.75) is 46.0 Å². The zero-order valence-corrected chi connectivity index (χ0v) is 11.0. The van der Waals surface area contributed by atoms with Crippen molar-refractivity contribution in [3.8, 4) is 0 Å². The molecule has 0 fully saturated rings. The van der Waals surface area contributed by atoms with Crippen LogP contribution in [0.5, 0.6) is 0 Å². The van der Waals surface area contributed by atoms with E-state index in [9.17, 15) is 18.0 Å². The van der Waals surface area contributed by atoms with Gasteiger partial charge < -0.3 is 5.11 Å². The van der Waals surface area contributed by atoms with Crippen molar-refractivity contribution >= 4 is 5.97 Å². The molecule has 0 aromatic carbocycles. The van der Waals surface area contributed by atoms with Crippen LogP contribution in [0.1, 0.15) is 27.7 Å². The molecule has 0 amide bonds. The van der Waals surface area contributed by atoms with Gasteiger partial charge >= 0.3 is 12.1 Å². The second kappa shape index (κ2) is 5.73. The lowest BCUT2D eigenvalue weighted by Crippen LogP contribution is -2.58. The maximum absolute atomic E-state index is 13.0. The van der Waals surface area contributed by atoms with Gasteiger partial charge in [-0.1, -0.05) is 33.8 Å². The lowest BCUT2D eigenvalue weighted by Gasteiger charge is -2.36. The summed E-state index contributed by atoms with van der Waals surface area (Å²) >= 11 is 0. The molecule has 2 N–H and O–H groups in total. The standard InChI is InChI=1S/C12H20F3NO2/c1-6-11(4,5)10(12(13,14)15)16-8(7(2)3)9(17)18/h6-8,10,16H,1H2,2-5H3,(H,17,18). The number of aliphatic carboxylic acids is 1. The smallest absolute Gasteiger partial charge is 0.404 e. The molecule has 0 spiro atoms. The number of carboxylic acid groups (broad SMARTS) is 1. The topological polar surface area (TPSA) is 49.3 Å². The van der Waals surface area contributed by atoms with Crippen LogP contribution >= 0.6 is 0 Å². The fourth-order valence-corrected chi connectivity index (χ4v) is 1.58. The van der Waals surface area contributed by atoms with Gasteiger partial charge in [-0.05, 0) is 5.92 Å². The molecule has 0 aliphatic heterocycles. The average molecular weight is 267 g/mol. The number of nitrogens with one attached hydrogen (secondary N) is 1. The van der Waals surface area contributed by atoms with Gasteiger partial charge in [-0.3, -0.25) is 10.1 Å². The van der Waals surface area contributed by atoms with E-state index in [4.69, 9.17) is 5.11 Å².